The van der Waals surface area contributed by atoms with Crippen LogP contribution in [0.2, 0.25) is 0 Å². The summed E-state index contributed by atoms with van der Waals surface area (Å²) in [6.07, 6.45) is 0. The van der Waals surface area contributed by atoms with Crippen molar-refractivity contribution in [3.05, 3.63) is 29.8 Å². The Morgan fingerprint density at radius 3 is 1.94 bits per heavy atom. The summed E-state index contributed by atoms with van der Waals surface area (Å²) < 4.78 is 56.9. The lowest BCUT2D eigenvalue weighted by molar-refractivity contribution is 0.341. The van der Waals surface area contributed by atoms with E-state index in [-0.39, 0.29) is 10.5 Å². The summed E-state index contributed by atoms with van der Waals surface area (Å²) in [7, 11) is -2.35. The molecule has 0 aliphatic carbocycles. The lowest BCUT2D eigenvalue weighted by atomic mass is 10.2. The van der Waals surface area contributed by atoms with Crippen LogP contribution >= 0.6 is 35.0 Å². The van der Waals surface area contributed by atoms with Crippen molar-refractivity contribution in [3.63, 3.8) is 0 Å². The largest absolute Gasteiger partial charge is 0.374 e. The van der Waals surface area contributed by atoms with E-state index in [1.54, 1.807) is 27.4 Å². The fourth-order valence-corrected chi connectivity index (χ4v) is 4.16. The van der Waals surface area contributed by atoms with Crippen LogP contribution in [0.15, 0.2) is 29.2 Å². The van der Waals surface area contributed by atoms with E-state index in [1.807, 2.05) is 0 Å². The van der Waals surface area contributed by atoms with Crippen molar-refractivity contribution < 1.29 is 26.0 Å². The molecule has 0 fully saturated rings. The minimum absolute atomic E-state index is 0.000586. The van der Waals surface area contributed by atoms with E-state index < -0.39 is 23.0 Å². The van der Waals surface area contributed by atoms with Gasteiger partial charge in [0.05, 0.1) is 4.90 Å². The number of halogens is 1. The molecule has 1 rings (SSSR count). The molecule has 0 radical (unpaired) electrons. The Labute approximate surface area is 111 Å². The van der Waals surface area contributed by atoms with Gasteiger partial charge in [0.2, 0.25) is 5.91 Å². The molecule has 1 aromatic rings. The second kappa shape index (κ2) is 6.33. The van der Waals surface area contributed by atoms with Gasteiger partial charge in [0, 0.05) is 18.9 Å². The Morgan fingerprint density at radius 2 is 1.61 bits per heavy atom. The maximum absolute atomic E-state index is 13.9. The van der Waals surface area contributed by atoms with Gasteiger partial charge in [-0.25, -0.2) is 12.8 Å². The number of benzene rings is 1. The molecular weight excluding hydrogens is 339 g/mol. The van der Waals surface area contributed by atoms with Gasteiger partial charge in [-0.15, -0.1) is 0 Å². The smallest absolute Gasteiger partial charge is 0.290 e. The number of alkyl halides is 1. The van der Waals surface area contributed by atoms with Gasteiger partial charge in [-0.1, -0.05) is 12.1 Å². The SMILES string of the molecule is O=P(OP)(OP)C(F)c1ccc(S(=O)(=O)P)cc1. The zero-order chi connectivity index (χ0) is 14.0. The average Bonchev–Trinajstić information content (AvgIpc) is 2.36. The Hall–Kier alpha value is 0.540. The summed E-state index contributed by atoms with van der Waals surface area (Å²) in [4.78, 5) is 0.0110. The highest BCUT2D eigenvalue weighted by Crippen LogP contribution is 2.64. The van der Waals surface area contributed by atoms with Gasteiger partial charge in [0.15, 0.2) is 9.46 Å². The molecule has 5 nitrogen and oxygen atoms in total. The second-order valence-corrected chi connectivity index (χ2v) is 9.84. The lowest BCUT2D eigenvalue weighted by Crippen LogP contribution is -1.96. The molecule has 102 valence electrons. The molecule has 0 spiro atoms. The van der Waals surface area contributed by atoms with Crippen molar-refractivity contribution in [1.29, 1.82) is 0 Å². The van der Waals surface area contributed by atoms with Crippen molar-refractivity contribution in [1.82, 2.24) is 0 Å². The molecule has 4 atom stereocenters. The first-order valence-electron chi connectivity index (χ1n) is 4.38. The van der Waals surface area contributed by atoms with Gasteiger partial charge in [-0.05, 0) is 26.1 Å². The number of rotatable bonds is 5. The van der Waals surface area contributed by atoms with Crippen LogP contribution in [0.4, 0.5) is 4.39 Å². The first-order chi connectivity index (χ1) is 8.24. The van der Waals surface area contributed by atoms with Crippen molar-refractivity contribution in [2.75, 3.05) is 0 Å². The maximum Gasteiger partial charge on any atom is 0.374 e. The first-order valence-corrected chi connectivity index (χ1v) is 9.89. The van der Waals surface area contributed by atoms with Crippen LogP contribution in [0.3, 0.4) is 0 Å². The first kappa shape index (κ1) is 16.6. The van der Waals surface area contributed by atoms with Crippen molar-refractivity contribution in [3.8, 4) is 0 Å². The molecule has 11 heteroatoms. The Kier molecular flexibility index (Phi) is 5.83. The van der Waals surface area contributed by atoms with Crippen LogP contribution < -0.4 is 0 Å². The van der Waals surface area contributed by atoms with Gasteiger partial charge >= 0.3 is 7.60 Å². The molecule has 18 heavy (non-hydrogen) atoms. The third kappa shape index (κ3) is 3.77. The lowest BCUT2D eigenvalue weighted by Gasteiger charge is -2.17. The molecule has 1 aromatic carbocycles. The molecule has 0 heterocycles. The fourth-order valence-electron chi connectivity index (χ4n) is 1.13. The minimum atomic E-state index is -3.95. The van der Waals surface area contributed by atoms with Crippen LogP contribution in [0.1, 0.15) is 11.5 Å². The van der Waals surface area contributed by atoms with E-state index in [0.717, 1.165) is 0 Å². The Balaban J connectivity index is 3.10. The summed E-state index contributed by atoms with van der Waals surface area (Å²) in [6.45, 7) is 0. The summed E-state index contributed by atoms with van der Waals surface area (Å²) in [5.74, 6) is -2.01. The van der Waals surface area contributed by atoms with Crippen molar-refractivity contribution in [2.24, 2.45) is 0 Å². The quantitative estimate of drug-likeness (QED) is 0.764. The van der Waals surface area contributed by atoms with Gasteiger partial charge in [0.1, 0.15) is 0 Å². The van der Waals surface area contributed by atoms with Gasteiger partial charge in [-0.3, -0.25) is 13.2 Å². The van der Waals surface area contributed by atoms with E-state index in [4.69, 9.17) is 0 Å². The molecule has 0 bridgehead atoms. The molecule has 0 N–H and O–H groups in total. The van der Waals surface area contributed by atoms with E-state index in [9.17, 15) is 17.4 Å². The topological polar surface area (TPSA) is 69.7 Å². The van der Waals surface area contributed by atoms with Crippen LogP contribution in [-0.2, 0) is 22.6 Å². The molecule has 0 amide bonds. The normalized spacial score (nSPS) is 14.4. The zero-order valence-corrected chi connectivity index (χ0v) is 14.1. The summed E-state index contributed by atoms with van der Waals surface area (Å²) in [5.41, 5.74) is 0.000586. The van der Waals surface area contributed by atoms with Crippen molar-refractivity contribution >= 4 is 44.4 Å². The predicted molar refractivity (Wildman–Crippen MR) is 76.4 cm³/mol. The monoisotopic (exact) mass is 350 g/mol. The molecule has 0 saturated carbocycles. The third-order valence-corrected chi connectivity index (χ3v) is 7.01. The molecule has 0 saturated heterocycles. The molecular formula is C7H11FO5P4S. The van der Waals surface area contributed by atoms with E-state index in [0.29, 0.717) is 0 Å². The molecule has 0 aliphatic heterocycles. The minimum Gasteiger partial charge on any atom is -0.290 e. The zero-order valence-electron chi connectivity index (χ0n) is 8.89. The number of hydrogen-bond acceptors (Lipinski definition) is 5. The van der Waals surface area contributed by atoms with Gasteiger partial charge in [-0.2, -0.15) is 0 Å². The van der Waals surface area contributed by atoms with E-state index in [1.165, 1.54) is 24.3 Å². The molecule has 0 aliphatic rings. The van der Waals surface area contributed by atoms with Crippen LogP contribution in [0.25, 0.3) is 0 Å². The summed E-state index contributed by atoms with van der Waals surface area (Å²) >= 11 is 0. The Morgan fingerprint density at radius 1 is 1.17 bits per heavy atom. The highest BCUT2D eigenvalue weighted by Gasteiger charge is 2.36. The predicted octanol–water partition coefficient (Wildman–Crippen LogP) is 3.03. The highest BCUT2D eigenvalue weighted by molar-refractivity contribution is 8.37. The Bertz CT molecular complexity index is 552. The summed E-state index contributed by atoms with van der Waals surface area (Å²) in [6, 6.07) is 4.84. The van der Waals surface area contributed by atoms with Crippen LogP contribution in [0.5, 0.6) is 0 Å². The molecule has 4 unspecified atom stereocenters. The average molecular weight is 350 g/mol. The van der Waals surface area contributed by atoms with Crippen LogP contribution in [-0.4, -0.2) is 8.42 Å². The maximum atomic E-state index is 13.9. The highest BCUT2D eigenvalue weighted by atomic mass is 32.7. The standard InChI is InChI=1S/C7H11FO5P4S/c8-7(17(9,12-14)13-15)5-1-3-6(4-2-5)18(10,11)16/h1-4,7H,14-16H2. The van der Waals surface area contributed by atoms with Crippen molar-refractivity contribution in [2.45, 2.75) is 10.8 Å². The molecule has 0 aromatic heterocycles. The van der Waals surface area contributed by atoms with Crippen LogP contribution in [0, 0.1) is 0 Å². The van der Waals surface area contributed by atoms with Gasteiger partial charge < -0.3 is 0 Å². The summed E-state index contributed by atoms with van der Waals surface area (Å²) in [5, 5.41) is 0. The fraction of sp³-hybridized carbons (Fsp3) is 0.143. The van der Waals surface area contributed by atoms with E-state index in [2.05, 4.69) is 8.62 Å². The second-order valence-electron chi connectivity index (χ2n) is 3.20. The third-order valence-electron chi connectivity index (χ3n) is 2.06. The van der Waals surface area contributed by atoms with Gasteiger partial charge in [0.25, 0.3) is 0 Å². The van der Waals surface area contributed by atoms with E-state index >= 15 is 0 Å². The number of hydrogen-bond donors (Lipinski definition) is 0.